The molecule has 8 heteroatoms. The van der Waals surface area contributed by atoms with Crippen LogP contribution in [0.4, 0.5) is 5.69 Å². The van der Waals surface area contributed by atoms with Crippen molar-refractivity contribution in [2.75, 3.05) is 19.5 Å². The first-order valence-corrected chi connectivity index (χ1v) is 14.7. The van der Waals surface area contributed by atoms with Crippen LogP contribution >= 0.6 is 15.9 Å². The Morgan fingerprint density at radius 2 is 1.58 bits per heavy atom. The van der Waals surface area contributed by atoms with Gasteiger partial charge in [-0.1, -0.05) is 42.5 Å². The molecule has 43 heavy (non-hydrogen) atoms. The first-order chi connectivity index (χ1) is 20.9. The third kappa shape index (κ3) is 3.89. The Labute approximate surface area is 257 Å². The second-order valence-corrected chi connectivity index (χ2v) is 11.7. The van der Waals surface area contributed by atoms with Crippen molar-refractivity contribution in [1.82, 2.24) is 4.90 Å². The second kappa shape index (κ2) is 10.2. The Kier molecular flexibility index (Phi) is 6.47. The maximum Gasteiger partial charge on any atom is 0.238 e. The quantitative estimate of drug-likeness (QED) is 0.246. The van der Waals surface area contributed by atoms with Crippen LogP contribution in [0, 0.1) is 5.92 Å². The van der Waals surface area contributed by atoms with E-state index in [9.17, 15) is 14.4 Å². The molecule has 0 unspecified atom stereocenters. The molecule has 1 spiro atoms. The van der Waals surface area contributed by atoms with Gasteiger partial charge < -0.3 is 19.7 Å². The number of anilines is 1. The topological polar surface area (TPSA) is 84.9 Å². The van der Waals surface area contributed by atoms with Crippen molar-refractivity contribution in [3.63, 3.8) is 0 Å². The summed E-state index contributed by atoms with van der Waals surface area (Å²) in [7, 11) is 3.12. The SMILES string of the molecule is COc1ccc(C(=O)[C@@H]2[C@H](C(=O)c3ccc(OC)c(Br)c3)N3C=Cc4ccccc4[C@H]3[C@@]23C(=O)Nc2ccccc23)cc1. The maximum atomic E-state index is 14.9. The van der Waals surface area contributed by atoms with E-state index in [2.05, 4.69) is 21.2 Å². The first kappa shape index (κ1) is 27.2. The van der Waals surface area contributed by atoms with E-state index >= 15 is 0 Å². The number of methoxy groups -OCH3 is 2. The van der Waals surface area contributed by atoms with Gasteiger partial charge in [0.15, 0.2) is 11.6 Å². The number of hydrogen-bond acceptors (Lipinski definition) is 6. The van der Waals surface area contributed by atoms with Gasteiger partial charge in [0, 0.05) is 23.0 Å². The minimum absolute atomic E-state index is 0.265. The Morgan fingerprint density at radius 3 is 2.33 bits per heavy atom. The second-order valence-electron chi connectivity index (χ2n) is 10.9. The lowest BCUT2D eigenvalue weighted by molar-refractivity contribution is -0.122. The van der Waals surface area contributed by atoms with Gasteiger partial charge in [0.05, 0.1) is 30.7 Å². The Bertz CT molecular complexity index is 1830. The lowest BCUT2D eigenvalue weighted by atomic mass is 9.62. The number of halogens is 1. The number of Topliss-reactive ketones (excluding diaryl/α,β-unsaturated/α-hetero) is 2. The molecule has 3 aliphatic heterocycles. The normalized spacial score (nSPS) is 22.9. The van der Waals surface area contributed by atoms with Crippen LogP contribution in [0.3, 0.4) is 0 Å². The number of rotatable bonds is 6. The summed E-state index contributed by atoms with van der Waals surface area (Å²) in [5, 5.41) is 3.07. The minimum Gasteiger partial charge on any atom is -0.497 e. The molecule has 0 aliphatic carbocycles. The van der Waals surface area contributed by atoms with Crippen LogP contribution in [0.15, 0.2) is 102 Å². The number of ketones is 2. The van der Waals surface area contributed by atoms with Crippen molar-refractivity contribution in [3.05, 3.63) is 129 Å². The van der Waals surface area contributed by atoms with Crippen LogP contribution < -0.4 is 14.8 Å². The molecule has 4 atom stereocenters. The molecule has 1 fully saturated rings. The molecule has 7 nitrogen and oxygen atoms in total. The molecular formula is C35H27BrN2O5. The first-order valence-electron chi connectivity index (χ1n) is 13.9. The van der Waals surface area contributed by atoms with Crippen LogP contribution in [0.2, 0.25) is 0 Å². The predicted molar refractivity (Wildman–Crippen MR) is 166 cm³/mol. The van der Waals surface area contributed by atoms with Crippen molar-refractivity contribution >= 4 is 45.2 Å². The Hall–Kier alpha value is -4.69. The van der Waals surface area contributed by atoms with Crippen molar-refractivity contribution in [3.8, 4) is 11.5 Å². The third-order valence-corrected chi connectivity index (χ3v) is 9.55. The lowest BCUT2D eigenvalue weighted by Gasteiger charge is -2.38. The van der Waals surface area contributed by atoms with Gasteiger partial charge in [0.1, 0.15) is 23.0 Å². The number of amides is 1. The summed E-state index contributed by atoms with van der Waals surface area (Å²) in [6, 6.07) is 25.7. The molecule has 0 bridgehead atoms. The van der Waals surface area contributed by atoms with Crippen LogP contribution in [0.1, 0.15) is 43.4 Å². The molecule has 7 rings (SSSR count). The number of nitrogens with zero attached hydrogens (tertiary/aromatic N) is 1. The van der Waals surface area contributed by atoms with Gasteiger partial charge in [-0.25, -0.2) is 0 Å². The van der Waals surface area contributed by atoms with Crippen molar-refractivity contribution in [1.29, 1.82) is 0 Å². The molecule has 1 amide bonds. The molecular weight excluding hydrogens is 608 g/mol. The summed E-state index contributed by atoms with van der Waals surface area (Å²) in [4.78, 5) is 46.1. The van der Waals surface area contributed by atoms with Crippen molar-refractivity contribution in [2.45, 2.75) is 17.5 Å². The van der Waals surface area contributed by atoms with Crippen molar-refractivity contribution in [2.24, 2.45) is 5.92 Å². The summed E-state index contributed by atoms with van der Waals surface area (Å²) in [6.07, 6.45) is 3.81. The predicted octanol–water partition coefficient (Wildman–Crippen LogP) is 6.45. The standard InChI is InChI=1S/C35H27BrN2O5/c1-42-23-14-11-21(12-15-23)31(39)29-30(32(40)22-13-16-28(43-2)26(36)19-22)38-18-17-20-7-3-4-8-24(20)33(38)35(29)25-9-5-6-10-27(25)37-34(35)41/h3-19,29-30,33H,1-2H3,(H,37,41)/t29-,30+,33-,35-/m0/s1. The molecule has 0 radical (unpaired) electrons. The van der Waals surface area contributed by atoms with E-state index in [0.29, 0.717) is 38.3 Å². The monoisotopic (exact) mass is 634 g/mol. The number of para-hydroxylation sites is 1. The largest absolute Gasteiger partial charge is 0.497 e. The van der Waals surface area contributed by atoms with Gasteiger partial charge in [-0.3, -0.25) is 14.4 Å². The molecule has 3 heterocycles. The third-order valence-electron chi connectivity index (χ3n) is 8.93. The Balaban J connectivity index is 1.51. The number of nitrogens with one attached hydrogen (secondary N) is 1. The number of fused-ring (bicyclic) bond motifs is 6. The molecule has 1 N–H and O–H groups in total. The van der Waals surface area contributed by atoms with Crippen LogP contribution in [-0.4, -0.2) is 42.6 Å². The molecule has 214 valence electrons. The highest BCUT2D eigenvalue weighted by atomic mass is 79.9. The smallest absolute Gasteiger partial charge is 0.238 e. The van der Waals surface area contributed by atoms with Crippen LogP contribution in [-0.2, 0) is 10.2 Å². The number of ether oxygens (including phenoxy) is 2. The highest BCUT2D eigenvalue weighted by Crippen LogP contribution is 2.62. The van der Waals surface area contributed by atoms with E-state index in [1.54, 1.807) is 56.7 Å². The minimum atomic E-state index is -1.39. The molecule has 0 saturated carbocycles. The maximum absolute atomic E-state index is 14.9. The fraction of sp³-hybridized carbons (Fsp3) is 0.171. The average molecular weight is 636 g/mol. The summed E-state index contributed by atoms with van der Waals surface area (Å²) >= 11 is 3.51. The van der Waals surface area contributed by atoms with Gasteiger partial charge in [-0.2, -0.15) is 0 Å². The fourth-order valence-electron chi connectivity index (χ4n) is 7.09. The highest BCUT2D eigenvalue weighted by Gasteiger charge is 2.70. The summed E-state index contributed by atoms with van der Waals surface area (Å²) in [5.41, 5.74) is 2.59. The van der Waals surface area contributed by atoms with E-state index in [1.807, 2.05) is 65.7 Å². The number of benzene rings is 4. The van der Waals surface area contributed by atoms with Gasteiger partial charge in [-0.15, -0.1) is 0 Å². The molecule has 4 aromatic carbocycles. The molecule has 0 aromatic heterocycles. The van der Waals surface area contributed by atoms with Crippen molar-refractivity contribution < 1.29 is 23.9 Å². The average Bonchev–Trinajstić information content (AvgIpc) is 3.52. The van der Waals surface area contributed by atoms with E-state index < -0.39 is 23.4 Å². The Morgan fingerprint density at radius 1 is 0.860 bits per heavy atom. The zero-order valence-electron chi connectivity index (χ0n) is 23.4. The zero-order chi connectivity index (χ0) is 29.9. The zero-order valence-corrected chi connectivity index (χ0v) is 25.0. The van der Waals surface area contributed by atoms with Gasteiger partial charge in [0.25, 0.3) is 0 Å². The summed E-state index contributed by atoms with van der Waals surface area (Å²) in [5.74, 6) is -0.727. The molecule has 1 saturated heterocycles. The highest BCUT2D eigenvalue weighted by molar-refractivity contribution is 9.10. The fourth-order valence-corrected chi connectivity index (χ4v) is 7.63. The van der Waals surface area contributed by atoms with E-state index in [4.69, 9.17) is 9.47 Å². The lowest BCUT2D eigenvalue weighted by Crippen LogP contribution is -2.49. The van der Waals surface area contributed by atoms with Gasteiger partial charge >= 0.3 is 0 Å². The van der Waals surface area contributed by atoms with E-state index in [-0.39, 0.29) is 17.5 Å². The molecule has 3 aliphatic rings. The summed E-state index contributed by atoms with van der Waals surface area (Å²) < 4.78 is 11.3. The number of carbonyl (C=O) groups is 3. The van der Waals surface area contributed by atoms with Crippen LogP contribution in [0.25, 0.3) is 6.08 Å². The van der Waals surface area contributed by atoms with E-state index in [1.165, 1.54) is 0 Å². The van der Waals surface area contributed by atoms with Crippen LogP contribution in [0.5, 0.6) is 11.5 Å². The number of carbonyl (C=O) groups excluding carboxylic acids is 3. The van der Waals surface area contributed by atoms with E-state index in [0.717, 1.165) is 11.1 Å². The number of hydrogen-bond donors (Lipinski definition) is 1. The molecule has 4 aromatic rings. The summed E-state index contributed by atoms with van der Waals surface area (Å²) in [6.45, 7) is 0. The van der Waals surface area contributed by atoms with Gasteiger partial charge in [-0.05, 0) is 87.2 Å². The van der Waals surface area contributed by atoms with Gasteiger partial charge in [0.2, 0.25) is 5.91 Å².